The second-order valence-electron chi connectivity index (χ2n) is 5.09. The van der Waals surface area contributed by atoms with Crippen LogP contribution in [0.25, 0.3) is 0 Å². The number of carboxylic acid groups (broad SMARTS) is 1. The number of nitrogens with one attached hydrogen (secondary N) is 1. The van der Waals surface area contributed by atoms with Crippen LogP contribution in [-0.2, 0) is 14.8 Å². The molecule has 9 heteroatoms. The van der Waals surface area contributed by atoms with E-state index >= 15 is 0 Å². The van der Waals surface area contributed by atoms with Crippen molar-refractivity contribution in [1.29, 1.82) is 0 Å². The molecule has 1 unspecified atom stereocenters. The van der Waals surface area contributed by atoms with Crippen LogP contribution >= 0.6 is 39.1 Å². The predicted octanol–water partition coefficient (Wildman–Crippen LogP) is 3.29. The van der Waals surface area contributed by atoms with Gasteiger partial charge in [0.25, 0.3) is 0 Å². The molecule has 0 spiro atoms. The molecule has 21 heavy (non-hydrogen) atoms. The summed E-state index contributed by atoms with van der Waals surface area (Å²) in [5.74, 6) is -1.46. The van der Waals surface area contributed by atoms with Crippen LogP contribution in [0.5, 0.6) is 0 Å². The quantitative estimate of drug-likeness (QED) is 0.771. The maximum absolute atomic E-state index is 12.5. The van der Waals surface area contributed by atoms with Gasteiger partial charge in [0.1, 0.15) is 10.4 Å². The second-order valence-corrected chi connectivity index (χ2v) is 8.44. The molecular formula is C12H12BrCl2NO4S. The van der Waals surface area contributed by atoms with Gasteiger partial charge in [0.05, 0.1) is 10.0 Å². The number of benzene rings is 1. The van der Waals surface area contributed by atoms with E-state index in [0.717, 1.165) is 0 Å². The number of carbonyl (C=O) groups is 1. The van der Waals surface area contributed by atoms with Crippen LogP contribution in [0.4, 0.5) is 0 Å². The van der Waals surface area contributed by atoms with Gasteiger partial charge in [-0.15, -0.1) is 0 Å². The molecule has 1 saturated carbocycles. The molecule has 1 fully saturated rings. The topological polar surface area (TPSA) is 83.5 Å². The number of aliphatic carboxylic acids is 1. The van der Waals surface area contributed by atoms with Crippen molar-refractivity contribution in [3.8, 4) is 0 Å². The predicted molar refractivity (Wildman–Crippen MR) is 83.2 cm³/mol. The zero-order chi connectivity index (χ0) is 16.0. The van der Waals surface area contributed by atoms with E-state index in [9.17, 15) is 18.3 Å². The van der Waals surface area contributed by atoms with E-state index in [1.165, 1.54) is 19.1 Å². The first-order valence-electron chi connectivity index (χ1n) is 6.00. The van der Waals surface area contributed by atoms with E-state index in [1.54, 1.807) is 0 Å². The molecule has 2 N–H and O–H groups in total. The summed E-state index contributed by atoms with van der Waals surface area (Å²) in [7, 11) is -4.16. The summed E-state index contributed by atoms with van der Waals surface area (Å²) in [4.78, 5) is 11.1. The first-order valence-corrected chi connectivity index (χ1v) is 9.03. The average Bonchev–Trinajstić information content (AvgIpc) is 3.08. The number of sulfonamides is 1. The normalized spacial score (nSPS) is 18.3. The highest BCUT2D eigenvalue weighted by Crippen LogP contribution is 2.41. The van der Waals surface area contributed by atoms with E-state index < -0.39 is 21.5 Å². The molecule has 0 aliphatic heterocycles. The van der Waals surface area contributed by atoms with Gasteiger partial charge < -0.3 is 5.11 Å². The van der Waals surface area contributed by atoms with Crippen molar-refractivity contribution in [2.24, 2.45) is 5.92 Å². The lowest BCUT2D eigenvalue weighted by Crippen LogP contribution is -2.53. The second kappa shape index (κ2) is 5.70. The number of carboxylic acids is 1. The summed E-state index contributed by atoms with van der Waals surface area (Å²) >= 11 is 15.0. The van der Waals surface area contributed by atoms with Gasteiger partial charge in [-0.25, -0.2) is 8.42 Å². The molecule has 1 aromatic carbocycles. The van der Waals surface area contributed by atoms with Crippen molar-refractivity contribution < 1.29 is 18.3 Å². The maximum Gasteiger partial charge on any atom is 0.324 e. The van der Waals surface area contributed by atoms with Crippen LogP contribution in [0, 0.1) is 5.92 Å². The first-order chi connectivity index (χ1) is 9.58. The SMILES string of the molecule is CC(NS(=O)(=O)c1c(Cl)cc(Br)cc1Cl)(C(=O)O)C1CC1. The van der Waals surface area contributed by atoms with Crippen molar-refractivity contribution in [2.75, 3.05) is 0 Å². The molecule has 1 atom stereocenters. The number of hydrogen-bond acceptors (Lipinski definition) is 3. The molecule has 0 bridgehead atoms. The molecule has 1 aliphatic rings. The van der Waals surface area contributed by atoms with E-state index in [1.807, 2.05) is 0 Å². The van der Waals surface area contributed by atoms with Crippen LogP contribution in [-0.4, -0.2) is 25.0 Å². The third-order valence-corrected chi connectivity index (χ3v) is 6.36. The van der Waals surface area contributed by atoms with Gasteiger partial charge in [-0.1, -0.05) is 39.1 Å². The van der Waals surface area contributed by atoms with Crippen LogP contribution in [0.3, 0.4) is 0 Å². The molecule has 0 amide bonds. The molecule has 0 saturated heterocycles. The minimum atomic E-state index is -4.16. The lowest BCUT2D eigenvalue weighted by molar-refractivity contribution is -0.144. The molecule has 116 valence electrons. The molecule has 0 heterocycles. The smallest absolute Gasteiger partial charge is 0.324 e. The van der Waals surface area contributed by atoms with Gasteiger partial charge >= 0.3 is 5.97 Å². The van der Waals surface area contributed by atoms with Crippen LogP contribution in [0.2, 0.25) is 10.0 Å². The van der Waals surface area contributed by atoms with Gasteiger partial charge in [0, 0.05) is 4.47 Å². The fourth-order valence-corrected chi connectivity index (χ4v) is 5.44. The lowest BCUT2D eigenvalue weighted by Gasteiger charge is -2.26. The number of hydrogen-bond donors (Lipinski definition) is 2. The Morgan fingerprint density at radius 2 is 1.86 bits per heavy atom. The van der Waals surface area contributed by atoms with Gasteiger partial charge in [-0.3, -0.25) is 4.79 Å². The van der Waals surface area contributed by atoms with Gasteiger partial charge in [0.2, 0.25) is 10.0 Å². The van der Waals surface area contributed by atoms with Crippen molar-refractivity contribution >= 4 is 55.1 Å². The highest BCUT2D eigenvalue weighted by Gasteiger charge is 2.50. The molecule has 1 aliphatic carbocycles. The van der Waals surface area contributed by atoms with E-state index in [0.29, 0.717) is 17.3 Å². The third kappa shape index (κ3) is 3.37. The Bertz CT molecular complexity index is 682. The summed E-state index contributed by atoms with van der Waals surface area (Å²) in [5, 5.41) is 9.18. The van der Waals surface area contributed by atoms with Crippen LogP contribution in [0.1, 0.15) is 19.8 Å². The summed E-state index contributed by atoms with van der Waals surface area (Å²) < 4.78 is 27.7. The zero-order valence-electron chi connectivity index (χ0n) is 10.9. The van der Waals surface area contributed by atoms with Crippen molar-refractivity contribution in [2.45, 2.75) is 30.2 Å². The monoisotopic (exact) mass is 415 g/mol. The van der Waals surface area contributed by atoms with Crippen molar-refractivity contribution in [3.05, 3.63) is 26.7 Å². The number of halogens is 3. The van der Waals surface area contributed by atoms with Crippen molar-refractivity contribution in [3.63, 3.8) is 0 Å². The fraction of sp³-hybridized carbons (Fsp3) is 0.417. The molecule has 1 aromatic rings. The van der Waals surface area contributed by atoms with Gasteiger partial charge in [-0.2, -0.15) is 4.72 Å². The lowest BCUT2D eigenvalue weighted by atomic mass is 9.98. The fourth-order valence-electron chi connectivity index (χ4n) is 2.08. The third-order valence-electron chi connectivity index (χ3n) is 3.42. The summed E-state index contributed by atoms with van der Waals surface area (Å²) in [6, 6.07) is 2.77. The Morgan fingerprint density at radius 3 is 2.24 bits per heavy atom. The molecule has 0 radical (unpaired) electrons. The zero-order valence-corrected chi connectivity index (χ0v) is 14.8. The Balaban J connectivity index is 2.46. The van der Waals surface area contributed by atoms with E-state index in [2.05, 4.69) is 20.7 Å². The summed E-state index contributed by atoms with van der Waals surface area (Å²) in [5.41, 5.74) is -1.57. The molecule has 2 rings (SSSR count). The average molecular weight is 417 g/mol. The summed E-state index contributed by atoms with van der Waals surface area (Å²) in [6.07, 6.45) is 1.32. The Hall–Kier alpha value is -0.340. The standard InChI is InChI=1S/C12H12BrCl2NO4S/c1-12(11(17)18,6-2-3-6)16-21(19,20)10-8(14)4-7(13)5-9(10)15/h4-6,16H,2-3H2,1H3,(H,17,18). The Kier molecular flexibility index (Phi) is 4.62. The van der Waals surface area contributed by atoms with Crippen LogP contribution < -0.4 is 4.72 Å². The largest absolute Gasteiger partial charge is 0.480 e. The maximum atomic E-state index is 12.5. The highest BCUT2D eigenvalue weighted by atomic mass is 79.9. The Labute approximate surface area is 140 Å². The number of rotatable bonds is 5. The van der Waals surface area contributed by atoms with Crippen molar-refractivity contribution in [1.82, 2.24) is 4.72 Å². The van der Waals surface area contributed by atoms with Gasteiger partial charge in [0.15, 0.2) is 0 Å². The minimum Gasteiger partial charge on any atom is -0.480 e. The van der Waals surface area contributed by atoms with Crippen LogP contribution in [0.15, 0.2) is 21.5 Å². The Morgan fingerprint density at radius 1 is 1.38 bits per heavy atom. The first kappa shape index (κ1) is 17.0. The van der Waals surface area contributed by atoms with Gasteiger partial charge in [-0.05, 0) is 37.8 Å². The molecule has 5 nitrogen and oxygen atoms in total. The van der Waals surface area contributed by atoms with E-state index in [4.69, 9.17) is 23.2 Å². The van der Waals surface area contributed by atoms with E-state index in [-0.39, 0.29) is 20.9 Å². The summed E-state index contributed by atoms with van der Waals surface area (Å²) in [6.45, 7) is 1.35. The molecule has 0 aromatic heterocycles. The minimum absolute atomic E-state index is 0.0783. The highest BCUT2D eigenvalue weighted by molar-refractivity contribution is 9.10. The molecular weight excluding hydrogens is 405 g/mol.